The third-order valence-corrected chi connectivity index (χ3v) is 4.53. The zero-order valence-corrected chi connectivity index (χ0v) is 13.2. The van der Waals surface area contributed by atoms with Crippen LogP contribution in [0.25, 0.3) is 10.9 Å². The number of aryl methyl sites for hydroxylation is 2. The number of rotatable bonds is 2. The van der Waals surface area contributed by atoms with Gasteiger partial charge in [-0.25, -0.2) is 4.68 Å². The van der Waals surface area contributed by atoms with E-state index in [0.717, 1.165) is 34.3 Å². The molecule has 1 aliphatic rings. The summed E-state index contributed by atoms with van der Waals surface area (Å²) in [7, 11) is 1.65. The van der Waals surface area contributed by atoms with E-state index in [0.29, 0.717) is 12.8 Å². The number of carbonyl (C=O) groups excluding carboxylic acids is 1. The van der Waals surface area contributed by atoms with Crippen molar-refractivity contribution in [2.45, 2.75) is 19.3 Å². The molecule has 0 bridgehead atoms. The SMILES string of the molecule is Cn1nc2c(cc1=O)CC(C(=O)Nc1ccc3cn[nH]c3c1)CC2. The van der Waals surface area contributed by atoms with E-state index in [4.69, 9.17) is 0 Å². The van der Waals surface area contributed by atoms with E-state index in [2.05, 4.69) is 20.6 Å². The summed E-state index contributed by atoms with van der Waals surface area (Å²) in [4.78, 5) is 24.3. The average Bonchev–Trinajstić information content (AvgIpc) is 3.03. The molecular formula is C17H17N5O2. The first-order valence-corrected chi connectivity index (χ1v) is 7.90. The molecule has 1 atom stereocenters. The molecule has 1 amide bonds. The first kappa shape index (κ1) is 14.6. The van der Waals surface area contributed by atoms with Crippen LogP contribution in [0, 0.1) is 5.92 Å². The van der Waals surface area contributed by atoms with Gasteiger partial charge in [0.1, 0.15) is 0 Å². The van der Waals surface area contributed by atoms with Gasteiger partial charge in [-0.15, -0.1) is 0 Å². The van der Waals surface area contributed by atoms with Gasteiger partial charge in [0.2, 0.25) is 5.91 Å². The Morgan fingerprint density at radius 3 is 3.12 bits per heavy atom. The molecule has 24 heavy (non-hydrogen) atoms. The fourth-order valence-corrected chi connectivity index (χ4v) is 3.17. The highest BCUT2D eigenvalue weighted by Gasteiger charge is 2.26. The number of hydrogen-bond donors (Lipinski definition) is 2. The molecule has 7 heteroatoms. The Hall–Kier alpha value is -2.96. The molecule has 2 N–H and O–H groups in total. The number of anilines is 1. The summed E-state index contributed by atoms with van der Waals surface area (Å²) in [6, 6.07) is 7.24. The molecule has 1 aliphatic carbocycles. The maximum atomic E-state index is 12.6. The van der Waals surface area contributed by atoms with E-state index in [-0.39, 0.29) is 17.4 Å². The van der Waals surface area contributed by atoms with Crippen LogP contribution >= 0.6 is 0 Å². The fourth-order valence-electron chi connectivity index (χ4n) is 3.17. The maximum Gasteiger partial charge on any atom is 0.266 e. The zero-order chi connectivity index (χ0) is 16.7. The lowest BCUT2D eigenvalue weighted by Gasteiger charge is -2.23. The Morgan fingerprint density at radius 1 is 1.38 bits per heavy atom. The van der Waals surface area contributed by atoms with Gasteiger partial charge < -0.3 is 5.32 Å². The van der Waals surface area contributed by atoms with E-state index >= 15 is 0 Å². The Bertz CT molecular complexity index is 988. The van der Waals surface area contributed by atoms with Crippen molar-refractivity contribution in [1.82, 2.24) is 20.0 Å². The first-order valence-electron chi connectivity index (χ1n) is 7.90. The Labute approximate surface area is 137 Å². The van der Waals surface area contributed by atoms with Crippen LogP contribution in [0.3, 0.4) is 0 Å². The number of fused-ring (bicyclic) bond motifs is 2. The molecule has 2 heterocycles. The molecule has 0 spiro atoms. The molecule has 0 radical (unpaired) electrons. The molecular weight excluding hydrogens is 306 g/mol. The van der Waals surface area contributed by atoms with Crippen molar-refractivity contribution >= 4 is 22.5 Å². The van der Waals surface area contributed by atoms with E-state index in [1.54, 1.807) is 19.3 Å². The number of nitrogens with one attached hydrogen (secondary N) is 2. The second-order valence-electron chi connectivity index (χ2n) is 6.18. The highest BCUT2D eigenvalue weighted by Crippen LogP contribution is 2.25. The minimum atomic E-state index is -0.149. The standard InChI is InChI=1S/C17H17N5O2/c1-22-16(23)7-12-6-10(3-5-14(12)21-22)17(24)19-13-4-2-11-9-18-20-15(11)8-13/h2,4,7-10H,3,5-6H2,1H3,(H,18,20)(H,19,24). The zero-order valence-electron chi connectivity index (χ0n) is 13.2. The molecule has 1 unspecified atom stereocenters. The number of hydrogen-bond acceptors (Lipinski definition) is 4. The van der Waals surface area contributed by atoms with Crippen molar-refractivity contribution in [3.63, 3.8) is 0 Å². The summed E-state index contributed by atoms with van der Waals surface area (Å²) in [5.41, 5.74) is 3.28. The van der Waals surface area contributed by atoms with Gasteiger partial charge in [-0.2, -0.15) is 10.2 Å². The van der Waals surface area contributed by atoms with Crippen LogP contribution in [-0.4, -0.2) is 25.9 Å². The van der Waals surface area contributed by atoms with E-state index in [1.165, 1.54) is 4.68 Å². The summed E-state index contributed by atoms with van der Waals surface area (Å²) in [6.07, 6.45) is 3.74. The second-order valence-corrected chi connectivity index (χ2v) is 6.18. The van der Waals surface area contributed by atoms with Crippen molar-refractivity contribution in [3.05, 3.63) is 52.1 Å². The molecule has 2 aromatic heterocycles. The maximum absolute atomic E-state index is 12.6. The molecule has 3 aromatic rings. The van der Waals surface area contributed by atoms with Crippen molar-refractivity contribution in [3.8, 4) is 0 Å². The lowest BCUT2D eigenvalue weighted by atomic mass is 9.86. The predicted octanol–water partition coefficient (Wildman–Crippen LogP) is 1.40. The number of benzene rings is 1. The number of amides is 1. The minimum Gasteiger partial charge on any atom is -0.326 e. The summed E-state index contributed by atoms with van der Waals surface area (Å²) < 4.78 is 1.35. The number of aromatic amines is 1. The third kappa shape index (κ3) is 2.58. The molecule has 4 rings (SSSR count). The van der Waals surface area contributed by atoms with Gasteiger partial charge in [0, 0.05) is 30.1 Å². The molecule has 0 fully saturated rings. The summed E-state index contributed by atoms with van der Waals surface area (Å²) in [6.45, 7) is 0. The van der Waals surface area contributed by atoms with Crippen LogP contribution in [0.15, 0.2) is 35.3 Å². The number of aromatic nitrogens is 4. The number of H-pyrrole nitrogens is 1. The van der Waals surface area contributed by atoms with Crippen molar-refractivity contribution in [2.75, 3.05) is 5.32 Å². The Balaban J connectivity index is 1.52. The lowest BCUT2D eigenvalue weighted by Crippen LogP contribution is -2.31. The molecule has 7 nitrogen and oxygen atoms in total. The molecule has 0 saturated carbocycles. The largest absolute Gasteiger partial charge is 0.326 e. The van der Waals surface area contributed by atoms with Crippen molar-refractivity contribution < 1.29 is 4.79 Å². The van der Waals surface area contributed by atoms with Crippen molar-refractivity contribution in [1.29, 1.82) is 0 Å². The van der Waals surface area contributed by atoms with Gasteiger partial charge in [0.05, 0.1) is 17.4 Å². The molecule has 0 aliphatic heterocycles. The van der Waals surface area contributed by atoms with Crippen LogP contribution in [0.1, 0.15) is 17.7 Å². The predicted molar refractivity (Wildman–Crippen MR) is 89.7 cm³/mol. The van der Waals surface area contributed by atoms with Crippen LogP contribution in [0.4, 0.5) is 5.69 Å². The van der Waals surface area contributed by atoms with Gasteiger partial charge in [0.15, 0.2) is 0 Å². The summed E-state index contributed by atoms with van der Waals surface area (Å²) >= 11 is 0. The molecule has 1 aromatic carbocycles. The normalized spacial score (nSPS) is 16.8. The second kappa shape index (κ2) is 5.59. The van der Waals surface area contributed by atoms with E-state index in [9.17, 15) is 9.59 Å². The highest BCUT2D eigenvalue weighted by atomic mass is 16.2. The summed E-state index contributed by atoms with van der Waals surface area (Å²) in [5, 5.41) is 15.1. The fraction of sp³-hybridized carbons (Fsp3) is 0.294. The summed E-state index contributed by atoms with van der Waals surface area (Å²) in [5.74, 6) is -0.177. The number of carbonyl (C=O) groups is 1. The highest BCUT2D eigenvalue weighted by molar-refractivity contribution is 5.95. The third-order valence-electron chi connectivity index (χ3n) is 4.53. The van der Waals surface area contributed by atoms with Crippen molar-refractivity contribution in [2.24, 2.45) is 13.0 Å². The molecule has 0 saturated heterocycles. The van der Waals surface area contributed by atoms with Gasteiger partial charge >= 0.3 is 0 Å². The van der Waals surface area contributed by atoms with Crippen LogP contribution in [0.5, 0.6) is 0 Å². The Kier molecular flexibility index (Phi) is 3.41. The van der Waals surface area contributed by atoms with E-state index < -0.39 is 0 Å². The monoisotopic (exact) mass is 323 g/mol. The van der Waals surface area contributed by atoms with Gasteiger partial charge in [-0.3, -0.25) is 14.7 Å². The van der Waals surface area contributed by atoms with E-state index in [1.807, 2.05) is 18.2 Å². The average molecular weight is 323 g/mol. The van der Waals surface area contributed by atoms with Crippen LogP contribution < -0.4 is 10.9 Å². The minimum absolute atomic E-state index is 0.0276. The first-order chi connectivity index (χ1) is 11.6. The van der Waals surface area contributed by atoms with Crippen LogP contribution in [-0.2, 0) is 24.7 Å². The molecule has 122 valence electrons. The lowest BCUT2D eigenvalue weighted by molar-refractivity contribution is -0.120. The number of nitrogens with zero attached hydrogens (tertiary/aromatic N) is 3. The smallest absolute Gasteiger partial charge is 0.266 e. The van der Waals surface area contributed by atoms with Gasteiger partial charge in [0.25, 0.3) is 5.56 Å². The Morgan fingerprint density at radius 2 is 2.25 bits per heavy atom. The topological polar surface area (TPSA) is 92.7 Å². The van der Waals surface area contributed by atoms with Gasteiger partial charge in [-0.05, 0) is 43.0 Å². The van der Waals surface area contributed by atoms with Gasteiger partial charge in [-0.1, -0.05) is 0 Å². The quantitative estimate of drug-likeness (QED) is 0.745. The van der Waals surface area contributed by atoms with Crippen LogP contribution in [0.2, 0.25) is 0 Å².